The van der Waals surface area contributed by atoms with E-state index in [0.29, 0.717) is 35.1 Å². The van der Waals surface area contributed by atoms with Gasteiger partial charge < -0.3 is 8.74 Å². The third kappa shape index (κ3) is 6.15. The lowest BCUT2D eigenvalue weighted by molar-refractivity contribution is 0.363. The first-order valence-corrected chi connectivity index (χ1v) is 22.7. The maximum absolute atomic E-state index is 15.7. The van der Waals surface area contributed by atoms with E-state index in [0.717, 1.165) is 72.1 Å². The predicted molar refractivity (Wildman–Crippen MR) is 236 cm³/mol. The van der Waals surface area contributed by atoms with Gasteiger partial charge in [0, 0.05) is 11.1 Å². The smallest absolute Gasteiger partial charge is 0.340 e. The summed E-state index contributed by atoms with van der Waals surface area (Å²) in [5.41, 5.74) is 7.68. The standard InChI is InChI=1S/C51H30F4O6S2/c52-45-47(54)51(62(56,57)58)48(55)46(53)49(45)61-63(59,60)50-40(37-23-33-16-4-9-28-10-5-17-34(24-37)43(28)33)25-36(35-21-31-14-2-7-27-8-3-15-32(22-35)42(27)31)26-41(50)38-20-19-30-12-1-11-29-13-6-18-39(38)44(29)30/h1-7,9,11-12,14-26H,8,10,13H2,(H,56,57,58)/p-1. The Kier molecular flexibility index (Phi) is 8.72. The van der Waals surface area contributed by atoms with Crippen molar-refractivity contribution >= 4 is 70.8 Å². The Bertz CT molecular complexity index is 3690. The zero-order valence-corrected chi connectivity index (χ0v) is 34.3. The molecule has 0 aliphatic heterocycles. The van der Waals surface area contributed by atoms with Crippen molar-refractivity contribution in [2.45, 2.75) is 29.1 Å². The molecule has 0 saturated carbocycles. The van der Waals surface area contributed by atoms with Crippen LogP contribution in [0.5, 0.6) is 5.75 Å². The van der Waals surface area contributed by atoms with Gasteiger partial charge in [0.15, 0.2) is 11.6 Å². The summed E-state index contributed by atoms with van der Waals surface area (Å²) in [5, 5.41) is 5.50. The molecule has 12 heteroatoms. The zero-order valence-electron chi connectivity index (χ0n) is 32.7. The lowest BCUT2D eigenvalue weighted by Gasteiger charge is -2.23. The summed E-state index contributed by atoms with van der Waals surface area (Å²) in [6.07, 6.45) is 13.9. The molecule has 0 N–H and O–H groups in total. The van der Waals surface area contributed by atoms with Crippen LogP contribution in [0.1, 0.15) is 33.4 Å². The van der Waals surface area contributed by atoms with Crippen molar-refractivity contribution in [1.29, 1.82) is 0 Å². The molecule has 0 radical (unpaired) electrons. The minimum Gasteiger partial charge on any atom is -0.744 e. The van der Waals surface area contributed by atoms with Crippen LogP contribution in [-0.4, -0.2) is 21.4 Å². The normalized spacial score (nSPS) is 14.0. The first-order chi connectivity index (χ1) is 30.3. The van der Waals surface area contributed by atoms with Gasteiger partial charge in [0.1, 0.15) is 19.9 Å². The van der Waals surface area contributed by atoms with E-state index in [1.54, 1.807) is 30.3 Å². The van der Waals surface area contributed by atoms with Gasteiger partial charge in [-0.3, -0.25) is 0 Å². The highest BCUT2D eigenvalue weighted by molar-refractivity contribution is 7.87. The topological polar surface area (TPSA) is 101 Å². The number of allylic oxidation sites excluding steroid dienone is 3. The average Bonchev–Trinajstić information content (AvgIpc) is 3.27. The first kappa shape index (κ1) is 39.0. The maximum atomic E-state index is 15.7. The van der Waals surface area contributed by atoms with E-state index in [1.807, 2.05) is 97.1 Å². The highest BCUT2D eigenvalue weighted by atomic mass is 32.2. The van der Waals surface area contributed by atoms with E-state index in [1.165, 1.54) is 0 Å². The largest absolute Gasteiger partial charge is 0.744 e. The molecule has 63 heavy (non-hydrogen) atoms. The van der Waals surface area contributed by atoms with Crippen molar-refractivity contribution in [2.75, 3.05) is 0 Å². The van der Waals surface area contributed by atoms with Crippen molar-refractivity contribution in [3.8, 4) is 39.1 Å². The van der Waals surface area contributed by atoms with Gasteiger partial charge in [0.25, 0.3) is 0 Å². The highest BCUT2D eigenvalue weighted by Gasteiger charge is 2.36. The van der Waals surface area contributed by atoms with Crippen molar-refractivity contribution < 1.29 is 43.1 Å². The van der Waals surface area contributed by atoms with Crippen LogP contribution in [0.15, 0.2) is 131 Å². The van der Waals surface area contributed by atoms with Crippen LogP contribution in [0.4, 0.5) is 17.6 Å². The lowest BCUT2D eigenvalue weighted by atomic mass is 9.84. The quantitative estimate of drug-likeness (QED) is 0.0684. The van der Waals surface area contributed by atoms with Gasteiger partial charge in [-0.1, -0.05) is 103 Å². The summed E-state index contributed by atoms with van der Waals surface area (Å²) in [5.74, 6) is -12.4. The molecule has 0 amide bonds. The van der Waals surface area contributed by atoms with Crippen molar-refractivity contribution in [2.24, 2.45) is 0 Å². The SMILES string of the molecule is O=S(=O)([O-])c1c(F)c(F)c(OS(=O)(=O)c2c(-c3cc4c5c(cccc5c3)CC=C4)cc(-c3cc4c5c(cccc5c3)CC=C4)cc2-c2ccc3cccc4c3c2C=CC4)c(F)c1F. The predicted octanol–water partition coefficient (Wildman–Crippen LogP) is 12.1. The van der Waals surface area contributed by atoms with Gasteiger partial charge in [-0.15, -0.1) is 0 Å². The molecule has 0 aromatic heterocycles. The molecule has 0 spiro atoms. The lowest BCUT2D eigenvalue weighted by Crippen LogP contribution is -2.18. The van der Waals surface area contributed by atoms with E-state index in [2.05, 4.69) is 12.1 Å². The van der Waals surface area contributed by atoms with Crippen molar-refractivity contribution in [3.63, 3.8) is 0 Å². The molecule has 0 fully saturated rings. The number of halogens is 4. The number of hydrogen-bond donors (Lipinski definition) is 0. The molecule has 11 rings (SSSR count). The van der Waals surface area contributed by atoms with Crippen LogP contribution in [0.25, 0.3) is 83.9 Å². The summed E-state index contributed by atoms with van der Waals surface area (Å²) in [6, 6.07) is 32.2. The Morgan fingerprint density at radius 2 is 0.984 bits per heavy atom. The fraction of sp³-hybridized carbons (Fsp3) is 0.0588. The van der Waals surface area contributed by atoms with Crippen molar-refractivity contribution in [1.82, 2.24) is 0 Å². The molecular weight excluding hydrogens is 849 g/mol. The van der Waals surface area contributed by atoms with Crippen LogP contribution in [0, 0.1) is 23.3 Å². The van der Waals surface area contributed by atoms with Crippen LogP contribution in [0.3, 0.4) is 0 Å². The van der Waals surface area contributed by atoms with Gasteiger partial charge in [-0.05, 0) is 144 Å². The fourth-order valence-electron chi connectivity index (χ4n) is 9.51. The molecule has 3 aliphatic carbocycles. The van der Waals surface area contributed by atoms with Crippen LogP contribution >= 0.6 is 0 Å². The summed E-state index contributed by atoms with van der Waals surface area (Å²) in [4.78, 5) is -3.04. The second-order valence-corrected chi connectivity index (χ2v) is 18.6. The number of benzene rings is 8. The Balaban J connectivity index is 1.26. The first-order valence-electron chi connectivity index (χ1n) is 19.9. The summed E-state index contributed by atoms with van der Waals surface area (Å²) < 4.78 is 132. The van der Waals surface area contributed by atoms with E-state index in [4.69, 9.17) is 4.18 Å². The van der Waals surface area contributed by atoms with E-state index in [-0.39, 0.29) is 11.1 Å². The van der Waals surface area contributed by atoms with Gasteiger partial charge in [-0.25, -0.2) is 17.2 Å². The maximum Gasteiger partial charge on any atom is 0.340 e. The molecule has 310 valence electrons. The van der Waals surface area contributed by atoms with Gasteiger partial charge >= 0.3 is 10.1 Å². The molecule has 0 atom stereocenters. The molecule has 3 aliphatic rings. The number of rotatable bonds is 7. The summed E-state index contributed by atoms with van der Waals surface area (Å²) in [7, 11) is -11.7. The highest BCUT2D eigenvalue weighted by Crippen LogP contribution is 2.47. The van der Waals surface area contributed by atoms with Gasteiger partial charge in [-0.2, -0.15) is 17.2 Å². The molecule has 8 aromatic rings. The van der Waals surface area contributed by atoms with Gasteiger partial charge in [0.05, 0.1) is 0 Å². The Labute approximate surface area is 358 Å². The Morgan fingerprint density at radius 1 is 0.476 bits per heavy atom. The molecule has 0 saturated heterocycles. The minimum absolute atomic E-state index is 0.0314. The monoisotopic (exact) mass is 877 g/mol. The van der Waals surface area contributed by atoms with E-state index < -0.39 is 59.0 Å². The molecular formula is C51H29F4O6S2-. The fourth-order valence-corrected chi connectivity index (χ4v) is 11.5. The van der Waals surface area contributed by atoms with Crippen LogP contribution in [-0.2, 0) is 39.5 Å². The molecule has 0 bridgehead atoms. The van der Waals surface area contributed by atoms with Crippen LogP contribution in [0.2, 0.25) is 0 Å². The Morgan fingerprint density at radius 3 is 1.59 bits per heavy atom. The third-order valence-corrected chi connectivity index (χ3v) is 14.3. The van der Waals surface area contributed by atoms with Gasteiger partial charge in [0.2, 0.25) is 17.4 Å². The van der Waals surface area contributed by atoms with Crippen LogP contribution < -0.4 is 4.18 Å². The molecule has 0 unspecified atom stereocenters. The van der Waals surface area contributed by atoms with E-state index >= 15 is 26.0 Å². The third-order valence-electron chi connectivity index (χ3n) is 12.2. The molecule has 8 aromatic carbocycles. The minimum atomic E-state index is -6.10. The zero-order chi connectivity index (χ0) is 43.5. The number of hydrogen-bond acceptors (Lipinski definition) is 6. The molecule has 6 nitrogen and oxygen atoms in total. The van der Waals surface area contributed by atoms with Crippen molar-refractivity contribution in [3.05, 3.63) is 178 Å². The second-order valence-electron chi connectivity index (χ2n) is 15.8. The molecule has 0 heterocycles. The summed E-state index contributed by atoms with van der Waals surface area (Å²) >= 11 is 0. The second kappa shape index (κ2) is 14.1. The van der Waals surface area contributed by atoms with E-state index in [9.17, 15) is 13.0 Å². The summed E-state index contributed by atoms with van der Waals surface area (Å²) in [6.45, 7) is 0. The Hall–Kier alpha value is -6.86. The average molecular weight is 878 g/mol.